The number of hydrogen-bond acceptors (Lipinski definition) is 5. The number of amides is 1. The molecule has 1 N–H and O–H groups in total. The van der Waals surface area contributed by atoms with E-state index in [0.717, 1.165) is 5.56 Å². The highest BCUT2D eigenvalue weighted by Gasteiger charge is 2.38. The summed E-state index contributed by atoms with van der Waals surface area (Å²) in [4.78, 5) is 12.4. The van der Waals surface area contributed by atoms with E-state index in [0.29, 0.717) is 18.6 Å². The van der Waals surface area contributed by atoms with Gasteiger partial charge in [0.2, 0.25) is 0 Å². The number of benzene rings is 2. The van der Waals surface area contributed by atoms with Crippen molar-refractivity contribution in [2.75, 3.05) is 6.61 Å². The fourth-order valence-electron chi connectivity index (χ4n) is 3.43. The summed E-state index contributed by atoms with van der Waals surface area (Å²) in [6.45, 7) is 9.61. The molecule has 7 heteroatoms. The van der Waals surface area contributed by atoms with Crippen LogP contribution >= 0.6 is 0 Å². The maximum absolute atomic E-state index is 14.7. The van der Waals surface area contributed by atoms with Crippen LogP contribution in [-0.4, -0.2) is 36.2 Å². The van der Waals surface area contributed by atoms with E-state index >= 15 is 0 Å². The molecule has 0 bridgehead atoms. The molecule has 6 nitrogen and oxygen atoms in total. The summed E-state index contributed by atoms with van der Waals surface area (Å²) in [6, 6.07) is 13.9. The third kappa shape index (κ3) is 7.21. The Hall–Kier alpha value is -2.64. The first kappa shape index (κ1) is 24.0. The molecule has 0 aromatic heterocycles. The number of alkyl carbamates (subject to hydrolysis) is 1. The van der Waals surface area contributed by atoms with Gasteiger partial charge in [0.1, 0.15) is 18.3 Å². The van der Waals surface area contributed by atoms with Gasteiger partial charge in [-0.15, -0.1) is 0 Å². The van der Waals surface area contributed by atoms with E-state index in [1.54, 1.807) is 32.9 Å². The Morgan fingerprint density at radius 3 is 2.50 bits per heavy atom. The second-order valence-corrected chi connectivity index (χ2v) is 9.36. The van der Waals surface area contributed by atoms with Gasteiger partial charge < -0.3 is 24.3 Å². The minimum Gasteiger partial charge on any atom is -0.486 e. The number of ether oxygens (including phenoxy) is 4. The number of carbonyl (C=O) groups excluding carboxylic acids is 1. The van der Waals surface area contributed by atoms with Crippen LogP contribution in [0.4, 0.5) is 9.18 Å². The average Bonchev–Trinajstić information content (AvgIpc) is 3.06. The molecule has 1 aliphatic rings. The van der Waals surface area contributed by atoms with Crippen molar-refractivity contribution >= 4 is 6.09 Å². The highest BCUT2D eigenvalue weighted by molar-refractivity contribution is 5.68. The van der Waals surface area contributed by atoms with Crippen LogP contribution < -0.4 is 10.1 Å². The lowest BCUT2D eigenvalue weighted by Gasteiger charge is -2.27. The molecule has 2 aromatic carbocycles. The lowest BCUT2D eigenvalue weighted by molar-refractivity contribution is -0.141. The molecule has 2 aromatic rings. The monoisotopic (exact) mass is 445 g/mol. The van der Waals surface area contributed by atoms with E-state index in [1.165, 1.54) is 6.07 Å². The first-order valence-corrected chi connectivity index (χ1v) is 10.8. The number of rotatable bonds is 7. The average molecular weight is 446 g/mol. The molecule has 1 heterocycles. The minimum atomic E-state index is -0.751. The fraction of sp³-hybridized carbons (Fsp3) is 0.480. The Kier molecular flexibility index (Phi) is 7.41. The van der Waals surface area contributed by atoms with Crippen LogP contribution in [0.15, 0.2) is 48.5 Å². The molecule has 0 spiro atoms. The molecule has 1 saturated heterocycles. The van der Waals surface area contributed by atoms with Crippen molar-refractivity contribution in [3.05, 3.63) is 65.5 Å². The van der Waals surface area contributed by atoms with E-state index < -0.39 is 35.4 Å². The third-order valence-corrected chi connectivity index (χ3v) is 4.87. The van der Waals surface area contributed by atoms with Gasteiger partial charge in [0.05, 0.1) is 12.6 Å². The summed E-state index contributed by atoms with van der Waals surface area (Å²) in [7, 11) is 0. The molecule has 32 heavy (non-hydrogen) atoms. The second-order valence-electron chi connectivity index (χ2n) is 9.36. The van der Waals surface area contributed by atoms with Crippen molar-refractivity contribution in [2.24, 2.45) is 0 Å². The number of carbonyl (C=O) groups is 1. The standard InChI is InChI=1S/C25H32FNO5/c1-24(2,3)32-23(28)27-20(22-16-30-25(4,5)31-22)14-18-11-12-21(19(26)13-18)29-15-17-9-7-6-8-10-17/h6-13,20,22H,14-16H2,1-5H3,(H,27,28)/t20-,22?/m0/s1. The quantitative estimate of drug-likeness (QED) is 0.650. The van der Waals surface area contributed by atoms with Crippen molar-refractivity contribution in [2.45, 2.75) is 71.2 Å². The zero-order valence-electron chi connectivity index (χ0n) is 19.3. The molecule has 2 atom stereocenters. The first-order valence-electron chi connectivity index (χ1n) is 10.8. The van der Waals surface area contributed by atoms with Gasteiger partial charge in [-0.3, -0.25) is 0 Å². The summed E-state index contributed by atoms with van der Waals surface area (Å²) < 4.78 is 37.3. The molecule has 3 rings (SSSR count). The number of hydrogen-bond donors (Lipinski definition) is 1. The van der Waals surface area contributed by atoms with Crippen LogP contribution in [0.2, 0.25) is 0 Å². The van der Waals surface area contributed by atoms with Crippen LogP contribution in [0.25, 0.3) is 0 Å². The van der Waals surface area contributed by atoms with Crippen LogP contribution in [-0.2, 0) is 27.2 Å². The van der Waals surface area contributed by atoms with E-state index in [2.05, 4.69) is 5.32 Å². The number of halogens is 1. The summed E-state index contributed by atoms with van der Waals surface area (Å²) in [5.41, 5.74) is 1.02. The fourth-order valence-corrected chi connectivity index (χ4v) is 3.43. The van der Waals surface area contributed by atoms with E-state index in [-0.39, 0.29) is 12.4 Å². The van der Waals surface area contributed by atoms with Crippen molar-refractivity contribution in [3.63, 3.8) is 0 Å². The van der Waals surface area contributed by atoms with Crippen LogP contribution in [0, 0.1) is 5.82 Å². The van der Waals surface area contributed by atoms with Gasteiger partial charge in [0.15, 0.2) is 17.4 Å². The predicted octanol–water partition coefficient (Wildman–Crippen LogP) is 4.99. The number of nitrogens with one attached hydrogen (secondary N) is 1. The van der Waals surface area contributed by atoms with Gasteiger partial charge in [-0.1, -0.05) is 36.4 Å². The van der Waals surface area contributed by atoms with Gasteiger partial charge in [0, 0.05) is 0 Å². The second kappa shape index (κ2) is 9.88. The van der Waals surface area contributed by atoms with Gasteiger partial charge in [-0.05, 0) is 64.3 Å². The van der Waals surface area contributed by atoms with Crippen LogP contribution in [0.1, 0.15) is 45.7 Å². The topological polar surface area (TPSA) is 66.0 Å². The van der Waals surface area contributed by atoms with Gasteiger partial charge in [0.25, 0.3) is 0 Å². The Labute approximate surface area is 189 Å². The SMILES string of the molecule is CC(C)(C)OC(=O)N[C@@H](Cc1ccc(OCc2ccccc2)c(F)c1)C1COC(C)(C)O1. The Balaban J connectivity index is 1.69. The Morgan fingerprint density at radius 2 is 1.91 bits per heavy atom. The van der Waals surface area contributed by atoms with Crippen molar-refractivity contribution in [1.82, 2.24) is 5.32 Å². The lowest BCUT2D eigenvalue weighted by Crippen LogP contribution is -2.48. The molecule has 0 saturated carbocycles. The van der Waals surface area contributed by atoms with Crippen LogP contribution in [0.3, 0.4) is 0 Å². The highest BCUT2D eigenvalue weighted by Crippen LogP contribution is 2.27. The van der Waals surface area contributed by atoms with Crippen molar-refractivity contribution < 1.29 is 28.1 Å². The summed E-state index contributed by atoms with van der Waals surface area (Å²) >= 11 is 0. The lowest BCUT2D eigenvalue weighted by atomic mass is 10.0. The minimum absolute atomic E-state index is 0.177. The molecule has 1 amide bonds. The summed E-state index contributed by atoms with van der Waals surface area (Å²) in [6.07, 6.45) is -0.604. The first-order chi connectivity index (χ1) is 15.0. The maximum atomic E-state index is 14.7. The van der Waals surface area contributed by atoms with Gasteiger partial charge in [-0.25, -0.2) is 9.18 Å². The smallest absolute Gasteiger partial charge is 0.407 e. The van der Waals surface area contributed by atoms with Crippen molar-refractivity contribution in [1.29, 1.82) is 0 Å². The Morgan fingerprint density at radius 1 is 1.19 bits per heavy atom. The largest absolute Gasteiger partial charge is 0.486 e. The molecule has 0 aliphatic carbocycles. The summed E-state index contributed by atoms with van der Waals surface area (Å²) in [5.74, 6) is -1.03. The van der Waals surface area contributed by atoms with Gasteiger partial charge >= 0.3 is 6.09 Å². The van der Waals surface area contributed by atoms with E-state index in [9.17, 15) is 9.18 Å². The zero-order chi connectivity index (χ0) is 23.4. The third-order valence-electron chi connectivity index (χ3n) is 4.87. The molecule has 0 radical (unpaired) electrons. The van der Waals surface area contributed by atoms with E-state index in [4.69, 9.17) is 18.9 Å². The molecule has 1 aliphatic heterocycles. The molecular weight excluding hydrogens is 413 g/mol. The van der Waals surface area contributed by atoms with Crippen LogP contribution in [0.5, 0.6) is 5.75 Å². The van der Waals surface area contributed by atoms with Crippen molar-refractivity contribution in [3.8, 4) is 5.75 Å². The highest BCUT2D eigenvalue weighted by atomic mass is 19.1. The maximum Gasteiger partial charge on any atom is 0.407 e. The molecule has 174 valence electrons. The predicted molar refractivity (Wildman–Crippen MR) is 119 cm³/mol. The Bertz CT molecular complexity index is 910. The molecule has 1 unspecified atom stereocenters. The zero-order valence-corrected chi connectivity index (χ0v) is 19.3. The van der Waals surface area contributed by atoms with Gasteiger partial charge in [-0.2, -0.15) is 0 Å². The van der Waals surface area contributed by atoms with E-state index in [1.807, 2.05) is 44.2 Å². The molecular formula is C25H32FNO5. The summed E-state index contributed by atoms with van der Waals surface area (Å²) in [5, 5.41) is 2.86. The normalized spacial score (nSPS) is 18.8. The molecule has 1 fully saturated rings.